The van der Waals surface area contributed by atoms with Gasteiger partial charge in [-0.1, -0.05) is 29.8 Å². The molecule has 0 saturated heterocycles. The molecule has 1 aliphatic carbocycles. The van der Waals surface area contributed by atoms with Gasteiger partial charge in [-0.15, -0.1) is 0 Å². The molecule has 0 radical (unpaired) electrons. The monoisotopic (exact) mass is 360 g/mol. The molecule has 2 rings (SSSR count). The lowest BCUT2D eigenvalue weighted by Gasteiger charge is -2.45. The number of aliphatic carboxylic acids is 1. The van der Waals surface area contributed by atoms with Crippen molar-refractivity contribution in [1.29, 1.82) is 0 Å². The maximum atomic E-state index is 12.7. The third kappa shape index (κ3) is 2.29. The second-order valence-electron chi connectivity index (χ2n) is 5.67. The molecule has 4 nitrogen and oxygen atoms in total. The zero-order chi connectivity index (χ0) is 15.1. The Hall–Kier alpha value is -0.880. The SMILES string of the molecule is CC(C)C1CC(C(=O)O)(S(=O)(=O)c2ccc(Br)cc2)C1. The summed E-state index contributed by atoms with van der Waals surface area (Å²) in [6.07, 6.45) is 0.386. The number of hydrogen-bond acceptors (Lipinski definition) is 3. The van der Waals surface area contributed by atoms with Crippen LogP contribution in [0.15, 0.2) is 33.6 Å². The lowest BCUT2D eigenvalue weighted by molar-refractivity contribution is -0.144. The lowest BCUT2D eigenvalue weighted by atomic mass is 9.69. The van der Waals surface area contributed by atoms with E-state index in [9.17, 15) is 18.3 Å². The highest BCUT2D eigenvalue weighted by Gasteiger charge is 2.60. The maximum Gasteiger partial charge on any atom is 0.325 e. The van der Waals surface area contributed by atoms with E-state index < -0.39 is 20.6 Å². The minimum Gasteiger partial charge on any atom is -0.480 e. The molecule has 6 heteroatoms. The molecule has 0 unspecified atom stereocenters. The molecule has 1 fully saturated rings. The first kappa shape index (κ1) is 15.5. The summed E-state index contributed by atoms with van der Waals surface area (Å²) in [6, 6.07) is 6.13. The zero-order valence-electron chi connectivity index (χ0n) is 11.3. The van der Waals surface area contributed by atoms with Gasteiger partial charge in [0.05, 0.1) is 4.90 Å². The third-order valence-electron chi connectivity index (χ3n) is 4.15. The molecule has 1 saturated carbocycles. The summed E-state index contributed by atoms with van der Waals surface area (Å²) >= 11 is 3.24. The molecule has 0 aliphatic heterocycles. The molecule has 0 bridgehead atoms. The minimum atomic E-state index is -3.87. The van der Waals surface area contributed by atoms with Crippen molar-refractivity contribution in [1.82, 2.24) is 0 Å². The smallest absolute Gasteiger partial charge is 0.325 e. The highest BCUT2D eigenvalue weighted by Crippen LogP contribution is 2.49. The summed E-state index contributed by atoms with van der Waals surface area (Å²) in [6.45, 7) is 3.98. The van der Waals surface area contributed by atoms with E-state index in [1.807, 2.05) is 13.8 Å². The summed E-state index contributed by atoms with van der Waals surface area (Å²) in [7, 11) is -3.87. The van der Waals surface area contributed by atoms with Crippen LogP contribution in [0.1, 0.15) is 26.7 Å². The van der Waals surface area contributed by atoms with E-state index in [4.69, 9.17) is 0 Å². The van der Waals surface area contributed by atoms with E-state index in [2.05, 4.69) is 15.9 Å². The molecule has 0 spiro atoms. The molecular weight excluding hydrogens is 344 g/mol. The molecule has 1 aliphatic rings. The average molecular weight is 361 g/mol. The van der Waals surface area contributed by atoms with Crippen molar-refractivity contribution in [3.8, 4) is 0 Å². The Balaban J connectivity index is 2.41. The van der Waals surface area contributed by atoms with Gasteiger partial charge in [-0.05, 0) is 48.9 Å². The number of rotatable bonds is 4. The molecule has 0 atom stereocenters. The number of carboxylic acids is 1. The van der Waals surface area contributed by atoms with Gasteiger partial charge >= 0.3 is 5.97 Å². The van der Waals surface area contributed by atoms with Crippen LogP contribution in [0, 0.1) is 11.8 Å². The van der Waals surface area contributed by atoms with Crippen LogP contribution in [0.4, 0.5) is 0 Å². The van der Waals surface area contributed by atoms with E-state index in [-0.39, 0.29) is 23.7 Å². The van der Waals surface area contributed by atoms with Gasteiger partial charge in [0.1, 0.15) is 0 Å². The van der Waals surface area contributed by atoms with Gasteiger partial charge < -0.3 is 5.11 Å². The summed E-state index contributed by atoms with van der Waals surface area (Å²) in [4.78, 5) is 11.6. The summed E-state index contributed by atoms with van der Waals surface area (Å²) in [5.74, 6) is -0.795. The predicted molar refractivity (Wildman–Crippen MR) is 79.3 cm³/mol. The van der Waals surface area contributed by atoms with Crippen molar-refractivity contribution in [2.45, 2.75) is 36.3 Å². The summed E-state index contributed by atoms with van der Waals surface area (Å²) in [5, 5.41) is 9.45. The standard InChI is InChI=1S/C14H17BrO4S/c1-9(2)10-7-14(8-10,13(16)17)20(18,19)12-5-3-11(15)4-6-12/h3-6,9-10H,7-8H2,1-2H3,(H,16,17). The van der Waals surface area contributed by atoms with Gasteiger partial charge in [0, 0.05) is 4.47 Å². The fraction of sp³-hybridized carbons (Fsp3) is 0.500. The van der Waals surface area contributed by atoms with E-state index in [1.54, 1.807) is 12.1 Å². The Morgan fingerprint density at radius 3 is 2.20 bits per heavy atom. The fourth-order valence-corrected chi connectivity index (χ4v) is 4.91. The van der Waals surface area contributed by atoms with Gasteiger partial charge in [0.15, 0.2) is 14.6 Å². The number of carbonyl (C=O) groups is 1. The van der Waals surface area contributed by atoms with Crippen LogP contribution in [-0.2, 0) is 14.6 Å². The molecule has 0 aromatic heterocycles. The number of benzene rings is 1. The van der Waals surface area contributed by atoms with Crippen molar-refractivity contribution in [3.05, 3.63) is 28.7 Å². The Morgan fingerprint density at radius 1 is 1.30 bits per heavy atom. The molecule has 1 aromatic rings. The van der Waals surface area contributed by atoms with Crippen molar-refractivity contribution >= 4 is 31.7 Å². The molecule has 1 aromatic carbocycles. The van der Waals surface area contributed by atoms with Crippen LogP contribution < -0.4 is 0 Å². The van der Waals surface area contributed by atoms with Crippen LogP contribution in [0.3, 0.4) is 0 Å². The third-order valence-corrected chi connectivity index (χ3v) is 7.11. The normalized spacial score (nSPS) is 26.3. The van der Waals surface area contributed by atoms with Gasteiger partial charge in [-0.25, -0.2) is 8.42 Å². The van der Waals surface area contributed by atoms with Gasteiger partial charge in [0.2, 0.25) is 0 Å². The molecule has 1 N–H and O–H groups in total. The predicted octanol–water partition coefficient (Wildman–Crippen LogP) is 3.11. The van der Waals surface area contributed by atoms with E-state index in [1.165, 1.54) is 12.1 Å². The number of hydrogen-bond donors (Lipinski definition) is 1. The zero-order valence-corrected chi connectivity index (χ0v) is 13.7. The first-order chi connectivity index (χ1) is 9.20. The second-order valence-corrected chi connectivity index (χ2v) is 8.84. The molecule has 110 valence electrons. The highest BCUT2D eigenvalue weighted by molar-refractivity contribution is 9.10. The van der Waals surface area contributed by atoms with Crippen molar-refractivity contribution in [3.63, 3.8) is 0 Å². The molecular formula is C14H17BrO4S. The first-order valence-electron chi connectivity index (χ1n) is 6.44. The minimum absolute atomic E-state index is 0.0744. The van der Waals surface area contributed by atoms with Crippen LogP contribution in [0.25, 0.3) is 0 Å². The first-order valence-corrected chi connectivity index (χ1v) is 8.72. The lowest BCUT2D eigenvalue weighted by Crippen LogP contribution is -2.57. The van der Waals surface area contributed by atoms with Crippen LogP contribution in [-0.4, -0.2) is 24.2 Å². The quantitative estimate of drug-likeness (QED) is 0.895. The van der Waals surface area contributed by atoms with Crippen molar-refractivity contribution in [2.75, 3.05) is 0 Å². The largest absolute Gasteiger partial charge is 0.480 e. The van der Waals surface area contributed by atoms with E-state index in [0.717, 1.165) is 4.47 Å². The Labute approximate surface area is 127 Å². The molecule has 0 amide bonds. The van der Waals surface area contributed by atoms with E-state index in [0.29, 0.717) is 5.92 Å². The Bertz CT molecular complexity index is 613. The Morgan fingerprint density at radius 2 is 1.80 bits per heavy atom. The molecule has 20 heavy (non-hydrogen) atoms. The number of carboxylic acid groups (broad SMARTS) is 1. The summed E-state index contributed by atoms with van der Waals surface area (Å²) < 4.78 is 24.4. The van der Waals surface area contributed by atoms with Crippen LogP contribution in [0.5, 0.6) is 0 Å². The average Bonchev–Trinajstić information content (AvgIpc) is 2.26. The van der Waals surface area contributed by atoms with Crippen LogP contribution in [0.2, 0.25) is 0 Å². The van der Waals surface area contributed by atoms with Crippen LogP contribution >= 0.6 is 15.9 Å². The van der Waals surface area contributed by atoms with Gasteiger partial charge in [-0.3, -0.25) is 4.79 Å². The fourth-order valence-electron chi connectivity index (χ4n) is 2.61. The van der Waals surface area contributed by atoms with E-state index >= 15 is 0 Å². The van der Waals surface area contributed by atoms with Gasteiger partial charge in [0.25, 0.3) is 0 Å². The van der Waals surface area contributed by atoms with Crippen molar-refractivity contribution in [2.24, 2.45) is 11.8 Å². The van der Waals surface area contributed by atoms with Crippen molar-refractivity contribution < 1.29 is 18.3 Å². The van der Waals surface area contributed by atoms with Gasteiger partial charge in [-0.2, -0.15) is 0 Å². The summed E-state index contributed by atoms with van der Waals surface area (Å²) in [5.41, 5.74) is 0. The number of sulfone groups is 1. The topological polar surface area (TPSA) is 71.4 Å². The molecule has 0 heterocycles. The maximum absolute atomic E-state index is 12.7. The highest BCUT2D eigenvalue weighted by atomic mass is 79.9. The second kappa shape index (κ2) is 5.15. The Kier molecular flexibility index (Phi) is 3.99. The number of halogens is 1.